The maximum absolute atomic E-state index is 13.2. The zero-order valence-electron chi connectivity index (χ0n) is 20.9. The van der Waals surface area contributed by atoms with Gasteiger partial charge in [0.15, 0.2) is 0 Å². The van der Waals surface area contributed by atoms with E-state index in [1.807, 2.05) is 69.3 Å². The van der Waals surface area contributed by atoms with Crippen molar-refractivity contribution < 1.29 is 23.5 Å². The van der Waals surface area contributed by atoms with Crippen molar-refractivity contribution in [2.24, 2.45) is 0 Å². The minimum absolute atomic E-state index is 0.0426. The summed E-state index contributed by atoms with van der Waals surface area (Å²) in [5.74, 6) is 1.12. The fourth-order valence-electron chi connectivity index (χ4n) is 4.43. The minimum Gasteiger partial charge on any atom is -0.489 e. The molecule has 0 saturated heterocycles. The zero-order chi connectivity index (χ0) is 25.0. The molecule has 1 heterocycles. The van der Waals surface area contributed by atoms with Gasteiger partial charge >= 0.3 is 6.09 Å². The molecule has 7 nitrogen and oxygen atoms in total. The van der Waals surface area contributed by atoms with Gasteiger partial charge in [-0.15, -0.1) is 0 Å². The Hall–Kier alpha value is -3.48. The van der Waals surface area contributed by atoms with Crippen molar-refractivity contribution in [3.05, 3.63) is 65.4 Å². The second kappa shape index (κ2) is 10.4. The van der Waals surface area contributed by atoms with E-state index in [1.165, 1.54) is 0 Å². The van der Waals surface area contributed by atoms with E-state index in [4.69, 9.17) is 13.9 Å². The smallest absolute Gasteiger partial charge is 0.407 e. The van der Waals surface area contributed by atoms with Crippen LogP contribution < -0.4 is 15.4 Å². The minimum atomic E-state index is -0.521. The summed E-state index contributed by atoms with van der Waals surface area (Å²) in [7, 11) is 0. The summed E-state index contributed by atoms with van der Waals surface area (Å²) in [5, 5.41) is 6.84. The molecule has 2 aromatic carbocycles. The number of carbonyl (C=O) groups excluding carboxylic acids is 2. The number of ether oxygens (including phenoxy) is 2. The van der Waals surface area contributed by atoms with Gasteiger partial charge in [-0.3, -0.25) is 4.79 Å². The summed E-state index contributed by atoms with van der Waals surface area (Å²) in [5.41, 5.74) is 1.75. The molecule has 1 saturated carbocycles. The lowest BCUT2D eigenvalue weighted by atomic mass is 9.91. The van der Waals surface area contributed by atoms with Crippen LogP contribution in [0.3, 0.4) is 0 Å². The molecule has 0 spiro atoms. The maximum Gasteiger partial charge on any atom is 0.407 e. The normalized spacial score (nSPS) is 18.2. The number of fused-ring (bicyclic) bond motifs is 1. The molecule has 186 valence electrons. The third kappa shape index (κ3) is 6.56. The average molecular weight is 479 g/mol. The molecule has 0 unspecified atom stereocenters. The first-order valence-electron chi connectivity index (χ1n) is 12.2. The van der Waals surface area contributed by atoms with Crippen molar-refractivity contribution in [3.63, 3.8) is 0 Å². The number of amides is 2. The van der Waals surface area contributed by atoms with E-state index in [-0.39, 0.29) is 18.0 Å². The third-order valence-electron chi connectivity index (χ3n) is 6.09. The van der Waals surface area contributed by atoms with Crippen LogP contribution in [0.25, 0.3) is 11.0 Å². The highest BCUT2D eigenvalue weighted by molar-refractivity contribution is 6.07. The van der Waals surface area contributed by atoms with Gasteiger partial charge in [-0.05, 0) is 77.1 Å². The molecule has 0 aliphatic heterocycles. The predicted molar refractivity (Wildman–Crippen MR) is 135 cm³/mol. The SMILES string of the molecule is Cc1oc2ccc(OCc3ccccc3)cc2c1C(=O)N[C@H]1CC[C@@H](NC(=O)OC(C)(C)C)CC1. The van der Waals surface area contributed by atoms with Crippen molar-refractivity contribution in [2.75, 3.05) is 0 Å². The summed E-state index contributed by atoms with van der Waals surface area (Å²) >= 11 is 0. The van der Waals surface area contributed by atoms with E-state index >= 15 is 0 Å². The fraction of sp³-hybridized carbons (Fsp3) is 0.429. The second-order valence-corrected chi connectivity index (χ2v) is 10.1. The molecular formula is C28H34N2O5. The van der Waals surface area contributed by atoms with E-state index in [9.17, 15) is 9.59 Å². The second-order valence-electron chi connectivity index (χ2n) is 10.1. The van der Waals surface area contributed by atoms with Gasteiger partial charge in [0, 0.05) is 17.5 Å². The van der Waals surface area contributed by atoms with Crippen molar-refractivity contribution in [3.8, 4) is 5.75 Å². The molecule has 0 atom stereocenters. The molecule has 2 amide bonds. The number of hydrogen-bond acceptors (Lipinski definition) is 5. The zero-order valence-corrected chi connectivity index (χ0v) is 20.9. The van der Waals surface area contributed by atoms with E-state index in [0.717, 1.165) is 36.6 Å². The molecule has 3 aromatic rings. The number of rotatable bonds is 6. The number of benzene rings is 2. The van der Waals surface area contributed by atoms with Crippen molar-refractivity contribution in [1.29, 1.82) is 0 Å². The van der Waals surface area contributed by atoms with Crippen molar-refractivity contribution >= 4 is 23.0 Å². The molecule has 1 aliphatic carbocycles. The molecule has 35 heavy (non-hydrogen) atoms. The molecule has 1 fully saturated rings. The molecule has 7 heteroatoms. The Morgan fingerprint density at radius 2 is 1.63 bits per heavy atom. The van der Waals surface area contributed by atoms with E-state index < -0.39 is 11.7 Å². The van der Waals surface area contributed by atoms with Gasteiger partial charge in [-0.2, -0.15) is 0 Å². The molecule has 2 N–H and O–H groups in total. The standard InChI is InChI=1S/C28H34N2O5/c1-18-25(23-16-22(14-15-24(23)34-18)33-17-19-8-6-5-7-9-19)26(31)29-20-10-12-21(13-11-20)30-27(32)35-28(2,3)4/h5-9,14-16,20-21H,10-13,17H2,1-4H3,(H,29,31)(H,30,32)/t20-,21+. The van der Waals surface area contributed by atoms with E-state index in [0.29, 0.717) is 29.3 Å². The lowest BCUT2D eigenvalue weighted by Crippen LogP contribution is -2.45. The monoisotopic (exact) mass is 478 g/mol. The largest absolute Gasteiger partial charge is 0.489 e. The van der Waals surface area contributed by atoms with Crippen LogP contribution >= 0.6 is 0 Å². The predicted octanol–water partition coefficient (Wildman–Crippen LogP) is 5.89. The van der Waals surface area contributed by atoms with Gasteiger partial charge in [0.05, 0.1) is 5.56 Å². The van der Waals surface area contributed by atoms with Crippen LogP contribution in [-0.2, 0) is 11.3 Å². The Kier molecular flexibility index (Phi) is 7.34. The molecule has 4 rings (SSSR count). The summed E-state index contributed by atoms with van der Waals surface area (Å²) in [4.78, 5) is 25.2. The first kappa shape index (κ1) is 24.6. The van der Waals surface area contributed by atoms with Crippen LogP contribution in [-0.4, -0.2) is 29.7 Å². The van der Waals surface area contributed by atoms with Crippen molar-refractivity contribution in [2.45, 2.75) is 77.7 Å². The Balaban J connectivity index is 1.36. The van der Waals surface area contributed by atoms with Gasteiger partial charge in [-0.25, -0.2) is 4.79 Å². The molecule has 1 aromatic heterocycles. The summed E-state index contributed by atoms with van der Waals surface area (Å²) in [6, 6.07) is 15.6. The topological polar surface area (TPSA) is 89.8 Å². The summed E-state index contributed by atoms with van der Waals surface area (Å²) < 4.78 is 17.1. The highest BCUT2D eigenvalue weighted by Gasteiger charge is 2.27. The van der Waals surface area contributed by atoms with E-state index in [1.54, 1.807) is 6.92 Å². The van der Waals surface area contributed by atoms with Crippen LogP contribution in [0.2, 0.25) is 0 Å². The quantitative estimate of drug-likeness (QED) is 0.461. The number of carbonyl (C=O) groups is 2. The van der Waals surface area contributed by atoms with Crippen LogP contribution in [0.1, 0.15) is 68.1 Å². The van der Waals surface area contributed by atoms with Gasteiger partial charge in [0.1, 0.15) is 29.3 Å². The highest BCUT2D eigenvalue weighted by Crippen LogP contribution is 2.30. The fourth-order valence-corrected chi connectivity index (χ4v) is 4.43. The molecule has 1 aliphatic rings. The Morgan fingerprint density at radius 3 is 2.29 bits per heavy atom. The van der Waals surface area contributed by atoms with Crippen LogP contribution in [0.4, 0.5) is 4.79 Å². The molecule has 0 bridgehead atoms. The average Bonchev–Trinajstić information content (AvgIpc) is 3.13. The Labute approximate surface area is 206 Å². The van der Waals surface area contributed by atoms with Crippen LogP contribution in [0, 0.1) is 6.92 Å². The first-order valence-corrected chi connectivity index (χ1v) is 12.2. The van der Waals surface area contributed by atoms with Gasteiger partial charge in [-0.1, -0.05) is 30.3 Å². The third-order valence-corrected chi connectivity index (χ3v) is 6.09. The highest BCUT2D eigenvalue weighted by atomic mass is 16.6. The lowest BCUT2D eigenvalue weighted by Gasteiger charge is -2.30. The first-order chi connectivity index (χ1) is 16.7. The summed E-state index contributed by atoms with van der Waals surface area (Å²) in [6.07, 6.45) is 2.74. The van der Waals surface area contributed by atoms with E-state index in [2.05, 4.69) is 10.6 Å². The Bertz CT molecular complexity index is 1170. The number of furan rings is 1. The van der Waals surface area contributed by atoms with Gasteiger partial charge in [0.25, 0.3) is 5.91 Å². The van der Waals surface area contributed by atoms with Gasteiger partial charge < -0.3 is 24.5 Å². The number of aryl methyl sites for hydroxylation is 1. The lowest BCUT2D eigenvalue weighted by molar-refractivity contribution is 0.0488. The van der Waals surface area contributed by atoms with Crippen molar-refractivity contribution in [1.82, 2.24) is 10.6 Å². The number of alkyl carbamates (subject to hydrolysis) is 1. The Morgan fingerprint density at radius 1 is 0.971 bits per heavy atom. The van der Waals surface area contributed by atoms with Crippen LogP contribution in [0.15, 0.2) is 52.9 Å². The maximum atomic E-state index is 13.2. The number of hydrogen-bond donors (Lipinski definition) is 2. The van der Waals surface area contributed by atoms with Crippen LogP contribution in [0.5, 0.6) is 5.75 Å². The van der Waals surface area contributed by atoms with Gasteiger partial charge in [0.2, 0.25) is 0 Å². The molecular weight excluding hydrogens is 444 g/mol. The number of nitrogens with one attached hydrogen (secondary N) is 2. The summed E-state index contributed by atoms with van der Waals surface area (Å²) in [6.45, 7) is 7.79. The molecule has 0 radical (unpaired) electrons.